The van der Waals surface area contributed by atoms with Crippen molar-refractivity contribution in [3.8, 4) is 0 Å². The maximum Gasteiger partial charge on any atom is 0.252 e. The third kappa shape index (κ3) is 3.24. The number of carbonyl (C=O) groups excluding carboxylic acids is 1. The van der Waals surface area contributed by atoms with Gasteiger partial charge in [-0.25, -0.2) is 13.4 Å². The van der Waals surface area contributed by atoms with Crippen molar-refractivity contribution in [3.05, 3.63) is 17.8 Å². The topological polar surface area (TPSA) is 119 Å². The van der Waals surface area contributed by atoms with Gasteiger partial charge in [-0.2, -0.15) is 11.8 Å². The lowest BCUT2D eigenvalue weighted by atomic mass is 10.2. The predicted molar refractivity (Wildman–Crippen MR) is 85.1 cm³/mol. The molecule has 1 amide bonds. The molecule has 2 rings (SSSR count). The van der Waals surface area contributed by atoms with E-state index in [2.05, 4.69) is 4.98 Å². The summed E-state index contributed by atoms with van der Waals surface area (Å²) in [5.41, 5.74) is 11.5. The highest BCUT2D eigenvalue weighted by Gasteiger charge is 2.35. The first-order valence-electron chi connectivity index (χ1n) is 6.48. The van der Waals surface area contributed by atoms with Gasteiger partial charge in [-0.15, -0.1) is 0 Å². The van der Waals surface area contributed by atoms with Gasteiger partial charge in [-0.05, 0) is 6.07 Å². The van der Waals surface area contributed by atoms with Gasteiger partial charge >= 0.3 is 0 Å². The number of pyridine rings is 1. The van der Waals surface area contributed by atoms with Crippen molar-refractivity contribution < 1.29 is 13.2 Å². The molecule has 116 valence electrons. The van der Waals surface area contributed by atoms with Crippen LogP contribution in [0, 0.1) is 0 Å². The number of hydrogen-bond acceptors (Lipinski definition) is 7. The van der Waals surface area contributed by atoms with Gasteiger partial charge in [-0.3, -0.25) is 4.79 Å². The third-order valence-electron chi connectivity index (χ3n) is 3.33. The Morgan fingerprint density at radius 2 is 2.29 bits per heavy atom. The van der Waals surface area contributed by atoms with E-state index in [-0.39, 0.29) is 11.3 Å². The number of aromatic nitrogens is 1. The lowest BCUT2D eigenvalue weighted by Crippen LogP contribution is -2.49. The summed E-state index contributed by atoms with van der Waals surface area (Å²) in [5.74, 6) is 0.866. The lowest BCUT2D eigenvalue weighted by molar-refractivity contribution is 0.100. The van der Waals surface area contributed by atoms with Crippen molar-refractivity contribution >= 4 is 39.0 Å². The maximum atomic E-state index is 12.3. The summed E-state index contributed by atoms with van der Waals surface area (Å²) in [4.78, 5) is 17.4. The van der Waals surface area contributed by atoms with E-state index in [4.69, 9.17) is 11.5 Å². The summed E-state index contributed by atoms with van der Waals surface area (Å²) in [5, 5.41) is -0.699. The second-order valence-electron chi connectivity index (χ2n) is 4.68. The largest absolute Gasteiger partial charge is 0.397 e. The Hall–Kier alpha value is -1.48. The molecule has 9 heteroatoms. The molecule has 21 heavy (non-hydrogen) atoms. The number of rotatable bonds is 4. The van der Waals surface area contributed by atoms with Crippen LogP contribution >= 0.6 is 11.8 Å². The summed E-state index contributed by atoms with van der Waals surface area (Å²) in [6.07, 6.45) is 1.40. The molecule has 0 bridgehead atoms. The van der Waals surface area contributed by atoms with Crippen molar-refractivity contribution in [2.75, 3.05) is 34.4 Å². The van der Waals surface area contributed by atoms with Gasteiger partial charge in [-0.1, -0.05) is 6.92 Å². The highest BCUT2D eigenvalue weighted by molar-refractivity contribution is 8.01. The Labute approximate surface area is 128 Å². The van der Waals surface area contributed by atoms with Gasteiger partial charge in [0.15, 0.2) is 9.84 Å². The van der Waals surface area contributed by atoms with Gasteiger partial charge in [0.2, 0.25) is 0 Å². The molecule has 2 heterocycles. The summed E-state index contributed by atoms with van der Waals surface area (Å²) in [6, 6.07) is 1.43. The van der Waals surface area contributed by atoms with E-state index in [0.717, 1.165) is 5.75 Å². The summed E-state index contributed by atoms with van der Waals surface area (Å²) < 4.78 is 24.5. The molecule has 1 saturated heterocycles. The van der Waals surface area contributed by atoms with Gasteiger partial charge in [0, 0.05) is 23.8 Å². The van der Waals surface area contributed by atoms with Crippen LogP contribution in [0.3, 0.4) is 0 Å². The smallest absolute Gasteiger partial charge is 0.252 e. The van der Waals surface area contributed by atoms with Crippen LogP contribution in [0.2, 0.25) is 0 Å². The number of anilines is 2. The molecule has 0 radical (unpaired) electrons. The number of carbonyl (C=O) groups is 1. The molecule has 0 spiro atoms. The van der Waals surface area contributed by atoms with E-state index >= 15 is 0 Å². The molecule has 1 atom stereocenters. The third-order valence-corrected chi connectivity index (χ3v) is 6.62. The number of nitrogen functional groups attached to an aromatic ring is 1. The molecule has 0 saturated carbocycles. The van der Waals surface area contributed by atoms with Crippen LogP contribution in [-0.4, -0.2) is 48.5 Å². The monoisotopic (exact) mass is 330 g/mol. The summed E-state index contributed by atoms with van der Waals surface area (Å²) >= 11 is 1.57. The van der Waals surface area contributed by atoms with Gasteiger partial charge in [0.05, 0.1) is 17.4 Å². The minimum Gasteiger partial charge on any atom is -0.397 e. The molecule has 1 unspecified atom stereocenters. The molecule has 7 nitrogen and oxygen atoms in total. The lowest BCUT2D eigenvalue weighted by Gasteiger charge is -2.36. The first-order valence-corrected chi connectivity index (χ1v) is 9.35. The zero-order valence-corrected chi connectivity index (χ0v) is 13.3. The van der Waals surface area contributed by atoms with E-state index in [1.807, 2.05) is 0 Å². The Bertz CT molecular complexity index is 648. The fourth-order valence-electron chi connectivity index (χ4n) is 2.20. The average Bonchev–Trinajstić information content (AvgIpc) is 2.47. The molecular weight excluding hydrogens is 312 g/mol. The highest BCUT2D eigenvalue weighted by Crippen LogP contribution is 2.29. The standard InChI is InChI=1S/C12H18N4O3S2/c1-2-21(18,19)10-7-20-4-3-16(10)12-9(11(14)17)5-8(13)6-15-12/h5-6,10H,2-4,7,13H2,1H3,(H2,14,17). The maximum absolute atomic E-state index is 12.3. The van der Waals surface area contributed by atoms with Crippen LogP contribution in [0.5, 0.6) is 0 Å². The molecule has 0 aliphatic carbocycles. The second kappa shape index (κ2) is 6.10. The number of thioether (sulfide) groups is 1. The molecule has 1 aliphatic heterocycles. The summed E-state index contributed by atoms with van der Waals surface area (Å²) in [7, 11) is -3.29. The molecule has 1 aromatic heterocycles. The minimum absolute atomic E-state index is 0.0373. The van der Waals surface area contributed by atoms with Crippen molar-refractivity contribution in [1.29, 1.82) is 0 Å². The van der Waals surface area contributed by atoms with E-state index < -0.39 is 21.1 Å². The van der Waals surface area contributed by atoms with Crippen LogP contribution in [0.15, 0.2) is 12.3 Å². The van der Waals surface area contributed by atoms with E-state index in [1.54, 1.807) is 23.6 Å². The number of amides is 1. The Morgan fingerprint density at radius 3 is 2.90 bits per heavy atom. The van der Waals surface area contributed by atoms with Crippen LogP contribution in [0.4, 0.5) is 11.5 Å². The van der Waals surface area contributed by atoms with Crippen molar-refractivity contribution in [1.82, 2.24) is 4.98 Å². The van der Waals surface area contributed by atoms with Crippen LogP contribution in [-0.2, 0) is 9.84 Å². The fourth-order valence-corrected chi connectivity index (χ4v) is 5.17. The highest BCUT2D eigenvalue weighted by atomic mass is 32.2. The second-order valence-corrected chi connectivity index (χ2v) is 8.28. The first kappa shape index (κ1) is 15.9. The normalized spacial score (nSPS) is 19.5. The quantitative estimate of drug-likeness (QED) is 0.802. The molecule has 1 aliphatic rings. The molecule has 0 aromatic carbocycles. The summed E-state index contributed by atoms with van der Waals surface area (Å²) in [6.45, 7) is 2.10. The zero-order chi connectivity index (χ0) is 15.6. The molecular formula is C12H18N4O3S2. The van der Waals surface area contributed by atoms with Crippen LogP contribution in [0.25, 0.3) is 0 Å². The number of nitrogens with two attached hydrogens (primary N) is 2. The molecule has 1 aromatic rings. The van der Waals surface area contributed by atoms with Crippen molar-refractivity contribution in [3.63, 3.8) is 0 Å². The van der Waals surface area contributed by atoms with Gasteiger partial charge < -0.3 is 16.4 Å². The minimum atomic E-state index is -3.29. The number of primary amides is 1. The van der Waals surface area contributed by atoms with Crippen molar-refractivity contribution in [2.24, 2.45) is 5.73 Å². The van der Waals surface area contributed by atoms with Gasteiger partial charge in [0.25, 0.3) is 5.91 Å². The van der Waals surface area contributed by atoms with Gasteiger partial charge in [0.1, 0.15) is 11.2 Å². The molecule has 1 fully saturated rings. The first-order chi connectivity index (χ1) is 9.86. The number of hydrogen-bond donors (Lipinski definition) is 2. The van der Waals surface area contributed by atoms with E-state index in [9.17, 15) is 13.2 Å². The average molecular weight is 330 g/mol. The zero-order valence-electron chi connectivity index (χ0n) is 11.7. The Kier molecular flexibility index (Phi) is 4.62. The van der Waals surface area contributed by atoms with Crippen LogP contribution in [0.1, 0.15) is 17.3 Å². The van der Waals surface area contributed by atoms with Crippen LogP contribution < -0.4 is 16.4 Å². The molecule has 4 N–H and O–H groups in total. The number of nitrogens with zero attached hydrogens (tertiary/aromatic N) is 2. The van der Waals surface area contributed by atoms with E-state index in [1.165, 1.54) is 12.3 Å². The van der Waals surface area contributed by atoms with E-state index in [0.29, 0.717) is 23.8 Å². The Morgan fingerprint density at radius 1 is 1.57 bits per heavy atom. The number of sulfone groups is 1. The fraction of sp³-hybridized carbons (Fsp3) is 0.500. The van der Waals surface area contributed by atoms with Crippen molar-refractivity contribution in [2.45, 2.75) is 12.3 Å². The Balaban J connectivity index is 2.50. The predicted octanol–water partition coefficient (Wildman–Crippen LogP) is 0.0767. The SMILES string of the molecule is CCS(=O)(=O)C1CSCCN1c1ncc(N)cc1C(N)=O.